The average molecular weight is 556 g/mol. The van der Waals surface area contributed by atoms with Crippen LogP contribution >= 0.6 is 0 Å². The molecule has 0 amide bonds. The van der Waals surface area contributed by atoms with Crippen LogP contribution < -0.4 is 10.6 Å². The molecule has 42 heavy (non-hydrogen) atoms. The zero-order valence-electron chi connectivity index (χ0n) is 24.5. The van der Waals surface area contributed by atoms with E-state index in [2.05, 4.69) is 77.9 Å². The van der Waals surface area contributed by atoms with Crippen molar-refractivity contribution < 1.29 is 0 Å². The molecule has 2 N–H and O–H groups in total. The van der Waals surface area contributed by atoms with Crippen molar-refractivity contribution in [3.05, 3.63) is 82.9 Å². The summed E-state index contributed by atoms with van der Waals surface area (Å²) in [6, 6.07) is 18.2. The van der Waals surface area contributed by atoms with E-state index < -0.39 is 0 Å². The fourth-order valence-electron chi connectivity index (χ4n) is 5.19. The number of pyridine rings is 2. The summed E-state index contributed by atoms with van der Waals surface area (Å²) in [5, 5.41) is 38.0. The molecule has 9 heteroatoms. The molecule has 2 aromatic carbocycles. The summed E-state index contributed by atoms with van der Waals surface area (Å²) < 4.78 is 1.96. The maximum atomic E-state index is 10.1. The summed E-state index contributed by atoms with van der Waals surface area (Å²) in [5.41, 5.74) is 6.37. The molecule has 0 unspecified atom stereocenters. The summed E-state index contributed by atoms with van der Waals surface area (Å²) in [5.74, 6) is 0. The first-order valence-electron chi connectivity index (χ1n) is 14.1. The standard InChI is InChI=1S/C33H33N9/c1-20-9-10-24-25(7-6-8-27(24)38-20)31(28-18-42(41-40-28)33(5)11-12-33)39-23-13-21(15-34)29-26(14-23)30(22(16-35)17-36-29)37-19-32(2,3)4/h6-10,13-14,17-18,31,39H,11-12,19H2,1-5H3,(H,36,37)/t31-/m0/s1. The Labute approximate surface area is 245 Å². The second-order valence-corrected chi connectivity index (χ2v) is 12.6. The fourth-order valence-corrected chi connectivity index (χ4v) is 5.19. The highest BCUT2D eigenvalue weighted by Crippen LogP contribution is 2.43. The smallest absolute Gasteiger partial charge is 0.110 e. The molecule has 3 heterocycles. The molecule has 1 fully saturated rings. The van der Waals surface area contributed by atoms with Gasteiger partial charge in [-0.05, 0) is 61.9 Å². The van der Waals surface area contributed by atoms with Crippen molar-refractivity contribution in [3.63, 3.8) is 0 Å². The largest absolute Gasteiger partial charge is 0.383 e. The number of rotatable bonds is 7. The van der Waals surface area contributed by atoms with Gasteiger partial charge >= 0.3 is 0 Å². The number of aryl methyl sites for hydroxylation is 1. The number of nitrogens with one attached hydrogen (secondary N) is 2. The van der Waals surface area contributed by atoms with Crippen LogP contribution in [-0.2, 0) is 5.54 Å². The van der Waals surface area contributed by atoms with Crippen LogP contribution in [0.2, 0.25) is 0 Å². The van der Waals surface area contributed by atoms with Crippen molar-refractivity contribution in [1.82, 2.24) is 25.0 Å². The number of benzene rings is 2. The highest BCUT2D eigenvalue weighted by atomic mass is 15.5. The predicted molar refractivity (Wildman–Crippen MR) is 164 cm³/mol. The summed E-state index contributed by atoms with van der Waals surface area (Å²) in [6.45, 7) is 11.2. The van der Waals surface area contributed by atoms with Crippen molar-refractivity contribution in [3.8, 4) is 12.1 Å². The monoisotopic (exact) mass is 555 g/mol. The Hall–Kier alpha value is -5.02. The zero-order chi connectivity index (χ0) is 29.6. The second kappa shape index (κ2) is 10.1. The van der Waals surface area contributed by atoms with Crippen LogP contribution in [0.15, 0.2) is 54.9 Å². The van der Waals surface area contributed by atoms with Crippen molar-refractivity contribution in [2.45, 2.75) is 59.0 Å². The molecule has 0 radical (unpaired) electrons. The Morgan fingerprint density at radius 1 is 1.05 bits per heavy atom. The van der Waals surface area contributed by atoms with Crippen LogP contribution in [0.1, 0.15) is 74.7 Å². The van der Waals surface area contributed by atoms with Crippen molar-refractivity contribution in [2.24, 2.45) is 5.41 Å². The first kappa shape index (κ1) is 27.2. The van der Waals surface area contributed by atoms with Gasteiger partial charge in [0.1, 0.15) is 17.8 Å². The number of hydrogen-bond donors (Lipinski definition) is 2. The van der Waals surface area contributed by atoms with Gasteiger partial charge < -0.3 is 10.6 Å². The first-order valence-corrected chi connectivity index (χ1v) is 14.1. The van der Waals surface area contributed by atoms with E-state index in [0.29, 0.717) is 39.9 Å². The molecule has 0 bridgehead atoms. The van der Waals surface area contributed by atoms with E-state index in [1.54, 1.807) is 0 Å². The van der Waals surface area contributed by atoms with E-state index in [9.17, 15) is 10.5 Å². The third-order valence-corrected chi connectivity index (χ3v) is 7.87. The van der Waals surface area contributed by atoms with Gasteiger partial charge in [-0.2, -0.15) is 10.5 Å². The zero-order valence-corrected chi connectivity index (χ0v) is 24.5. The number of anilines is 2. The number of hydrogen-bond acceptors (Lipinski definition) is 8. The fraction of sp³-hybridized carbons (Fsp3) is 0.333. The summed E-state index contributed by atoms with van der Waals surface area (Å²) in [6.07, 6.45) is 5.69. The highest BCUT2D eigenvalue weighted by Gasteiger charge is 2.41. The van der Waals surface area contributed by atoms with Crippen molar-refractivity contribution >= 4 is 33.2 Å². The lowest BCUT2D eigenvalue weighted by Crippen LogP contribution is -2.20. The van der Waals surface area contributed by atoms with Gasteiger partial charge in [-0.25, -0.2) is 4.68 Å². The van der Waals surface area contributed by atoms with Crippen molar-refractivity contribution in [1.29, 1.82) is 10.5 Å². The van der Waals surface area contributed by atoms with Gasteiger partial charge in [0.05, 0.1) is 45.6 Å². The third-order valence-electron chi connectivity index (χ3n) is 7.87. The van der Waals surface area contributed by atoms with Gasteiger partial charge in [0.25, 0.3) is 0 Å². The topological polar surface area (TPSA) is 128 Å². The van der Waals surface area contributed by atoms with Crippen LogP contribution in [0.25, 0.3) is 21.8 Å². The van der Waals surface area contributed by atoms with Gasteiger partial charge in [-0.15, -0.1) is 5.10 Å². The van der Waals surface area contributed by atoms with E-state index in [1.165, 1.54) is 6.20 Å². The van der Waals surface area contributed by atoms with Gasteiger partial charge in [-0.3, -0.25) is 9.97 Å². The molecular weight excluding hydrogens is 522 g/mol. The SMILES string of the molecule is Cc1ccc2c([C@H](Nc3cc(C#N)c4ncc(C#N)c(NCC(C)(C)C)c4c3)c3cn(C4(C)CC4)nn3)cccc2n1. The maximum absolute atomic E-state index is 10.1. The average Bonchev–Trinajstić information content (AvgIpc) is 3.51. The summed E-state index contributed by atoms with van der Waals surface area (Å²) in [7, 11) is 0. The number of aromatic nitrogens is 5. The third kappa shape index (κ3) is 5.10. The molecule has 210 valence electrons. The van der Waals surface area contributed by atoms with E-state index in [0.717, 1.165) is 40.7 Å². The van der Waals surface area contributed by atoms with Crippen LogP contribution in [0.5, 0.6) is 0 Å². The van der Waals surface area contributed by atoms with Crippen LogP contribution in [0.3, 0.4) is 0 Å². The minimum absolute atomic E-state index is 0.00284. The molecule has 0 saturated heterocycles. The number of nitrogens with zero attached hydrogens (tertiary/aromatic N) is 7. The molecule has 1 aliphatic rings. The van der Waals surface area contributed by atoms with E-state index >= 15 is 0 Å². The lowest BCUT2D eigenvalue weighted by Gasteiger charge is -2.23. The lowest BCUT2D eigenvalue weighted by molar-refractivity contribution is 0.443. The normalized spacial score (nSPS) is 14.7. The lowest BCUT2D eigenvalue weighted by atomic mass is 9.96. The van der Waals surface area contributed by atoms with E-state index in [-0.39, 0.29) is 17.0 Å². The minimum atomic E-state index is -0.378. The van der Waals surface area contributed by atoms with Gasteiger partial charge in [0.2, 0.25) is 0 Å². The summed E-state index contributed by atoms with van der Waals surface area (Å²) >= 11 is 0. The molecule has 6 rings (SSSR count). The summed E-state index contributed by atoms with van der Waals surface area (Å²) in [4.78, 5) is 9.26. The molecule has 3 aromatic heterocycles. The molecule has 0 aliphatic heterocycles. The van der Waals surface area contributed by atoms with Gasteiger partial charge in [0, 0.05) is 34.9 Å². The number of fused-ring (bicyclic) bond motifs is 2. The van der Waals surface area contributed by atoms with Crippen LogP contribution in [0, 0.1) is 35.0 Å². The molecule has 5 aromatic rings. The highest BCUT2D eigenvalue weighted by molar-refractivity contribution is 5.99. The Balaban J connectivity index is 1.51. The molecule has 1 atom stereocenters. The van der Waals surface area contributed by atoms with Crippen LogP contribution in [-0.4, -0.2) is 31.5 Å². The molecule has 1 aliphatic carbocycles. The van der Waals surface area contributed by atoms with Crippen LogP contribution in [0.4, 0.5) is 11.4 Å². The van der Waals surface area contributed by atoms with Crippen molar-refractivity contribution in [2.75, 3.05) is 17.2 Å². The first-order chi connectivity index (χ1) is 20.1. The quantitative estimate of drug-likeness (QED) is 0.230. The second-order valence-electron chi connectivity index (χ2n) is 12.6. The molecule has 0 spiro atoms. The maximum Gasteiger partial charge on any atom is 0.110 e. The number of nitriles is 2. The molecule has 9 nitrogen and oxygen atoms in total. The Morgan fingerprint density at radius 3 is 2.55 bits per heavy atom. The van der Waals surface area contributed by atoms with Gasteiger partial charge in [-0.1, -0.05) is 44.2 Å². The Morgan fingerprint density at radius 2 is 1.83 bits per heavy atom. The van der Waals surface area contributed by atoms with E-state index in [4.69, 9.17) is 4.98 Å². The molecule has 1 saturated carbocycles. The minimum Gasteiger partial charge on any atom is -0.383 e. The molecular formula is C33H33N9. The van der Waals surface area contributed by atoms with Gasteiger partial charge in [0.15, 0.2) is 0 Å². The Kier molecular flexibility index (Phi) is 6.54. The van der Waals surface area contributed by atoms with E-state index in [1.807, 2.05) is 48.1 Å². The predicted octanol–water partition coefficient (Wildman–Crippen LogP) is 6.59. The Bertz CT molecular complexity index is 1910.